The lowest BCUT2D eigenvalue weighted by atomic mass is 9.96. The number of carbonyl (C=O) groups excluding carboxylic acids is 1. The number of allylic oxidation sites excluding steroid dienone is 1. The van der Waals surface area contributed by atoms with Crippen LogP contribution in [-0.4, -0.2) is 11.1 Å². The number of aromatic hydroxyl groups is 1. The van der Waals surface area contributed by atoms with Gasteiger partial charge >= 0.3 is 6.03 Å². The number of carbonyl (C=O) groups is 1. The fraction of sp³-hybridized carbons (Fsp3) is 0.278. The van der Waals surface area contributed by atoms with E-state index < -0.39 is 0 Å². The van der Waals surface area contributed by atoms with E-state index in [0.717, 1.165) is 23.6 Å². The summed E-state index contributed by atoms with van der Waals surface area (Å²) in [4.78, 5) is 12.1. The number of phenols is 1. The van der Waals surface area contributed by atoms with E-state index in [4.69, 9.17) is 0 Å². The number of anilines is 1. The van der Waals surface area contributed by atoms with Crippen LogP contribution in [0.1, 0.15) is 32.1 Å². The Balaban J connectivity index is 1.73. The second-order valence-corrected chi connectivity index (χ2v) is 5.64. The van der Waals surface area contributed by atoms with Gasteiger partial charge in [-0.3, -0.25) is 0 Å². The summed E-state index contributed by atoms with van der Waals surface area (Å²) in [5.74, 6) is 0.214. The third-order valence-corrected chi connectivity index (χ3v) is 4.05. The van der Waals surface area contributed by atoms with Crippen LogP contribution in [0.15, 0.2) is 48.2 Å². The van der Waals surface area contributed by atoms with E-state index in [-0.39, 0.29) is 11.8 Å². The van der Waals surface area contributed by atoms with Crippen LogP contribution in [0.4, 0.5) is 10.5 Å². The molecule has 0 spiro atoms. The first kappa shape index (κ1) is 14.4. The fourth-order valence-corrected chi connectivity index (χ4v) is 2.88. The number of benzene rings is 2. The fourth-order valence-electron chi connectivity index (χ4n) is 2.88. The number of phenolic OH excluding ortho intramolecular Hbond substituents is 1. The molecule has 4 heteroatoms. The van der Waals surface area contributed by atoms with Gasteiger partial charge in [0, 0.05) is 17.0 Å². The van der Waals surface area contributed by atoms with Crippen molar-refractivity contribution in [1.29, 1.82) is 0 Å². The Morgan fingerprint density at radius 3 is 2.55 bits per heavy atom. The molecule has 2 amide bonds. The third kappa shape index (κ3) is 3.22. The molecule has 1 aliphatic carbocycles. The van der Waals surface area contributed by atoms with Gasteiger partial charge in [0.15, 0.2) is 0 Å². The van der Waals surface area contributed by atoms with Crippen molar-refractivity contribution in [3.05, 3.63) is 48.2 Å². The molecule has 3 N–H and O–H groups in total. The van der Waals surface area contributed by atoms with Gasteiger partial charge in [-0.15, -0.1) is 0 Å². The van der Waals surface area contributed by atoms with Crippen LogP contribution >= 0.6 is 0 Å². The molecule has 2 aromatic carbocycles. The van der Waals surface area contributed by atoms with E-state index in [1.165, 1.54) is 24.8 Å². The Hall–Kier alpha value is -2.49. The molecule has 0 aliphatic heterocycles. The number of urea groups is 1. The zero-order chi connectivity index (χ0) is 15.4. The zero-order valence-corrected chi connectivity index (χ0v) is 12.4. The van der Waals surface area contributed by atoms with Crippen LogP contribution < -0.4 is 10.6 Å². The highest BCUT2D eigenvalue weighted by atomic mass is 16.3. The van der Waals surface area contributed by atoms with Gasteiger partial charge in [-0.1, -0.05) is 36.3 Å². The first-order chi connectivity index (χ1) is 10.7. The smallest absolute Gasteiger partial charge is 0.323 e. The average Bonchev–Trinajstić information content (AvgIpc) is 2.55. The maximum absolute atomic E-state index is 12.1. The number of amides is 2. The number of hydrogen-bond acceptors (Lipinski definition) is 2. The zero-order valence-electron chi connectivity index (χ0n) is 12.4. The lowest BCUT2D eigenvalue weighted by molar-refractivity contribution is 0.255. The van der Waals surface area contributed by atoms with Crippen LogP contribution in [0.25, 0.3) is 10.8 Å². The highest BCUT2D eigenvalue weighted by Crippen LogP contribution is 2.29. The number of hydrogen-bond donors (Lipinski definition) is 3. The maximum atomic E-state index is 12.1. The van der Waals surface area contributed by atoms with Gasteiger partial charge in [0.1, 0.15) is 5.75 Å². The molecule has 0 aromatic heterocycles. The van der Waals surface area contributed by atoms with Crippen LogP contribution in [0.3, 0.4) is 0 Å². The predicted octanol–water partition coefficient (Wildman–Crippen LogP) is 4.51. The van der Waals surface area contributed by atoms with Gasteiger partial charge < -0.3 is 15.7 Å². The normalized spacial score (nSPS) is 14.6. The number of rotatable bonds is 2. The quantitative estimate of drug-likeness (QED) is 0.763. The largest absolute Gasteiger partial charge is 0.507 e. The average molecular weight is 296 g/mol. The summed E-state index contributed by atoms with van der Waals surface area (Å²) < 4.78 is 0. The molecule has 1 saturated carbocycles. The summed E-state index contributed by atoms with van der Waals surface area (Å²) in [6, 6.07) is 10.5. The lowest BCUT2D eigenvalue weighted by Gasteiger charge is -2.14. The Kier molecular flexibility index (Phi) is 4.28. The highest BCUT2D eigenvalue weighted by molar-refractivity contribution is 6.03. The molecule has 0 unspecified atom stereocenters. The Bertz CT molecular complexity index is 714. The molecule has 0 bridgehead atoms. The van der Waals surface area contributed by atoms with Gasteiger partial charge in [-0.25, -0.2) is 4.79 Å². The second kappa shape index (κ2) is 6.52. The molecule has 4 nitrogen and oxygen atoms in total. The summed E-state index contributed by atoms with van der Waals surface area (Å²) in [6.07, 6.45) is 7.67. The molecule has 1 aliphatic rings. The summed E-state index contributed by atoms with van der Waals surface area (Å²) in [5.41, 5.74) is 1.99. The molecule has 22 heavy (non-hydrogen) atoms. The topological polar surface area (TPSA) is 61.4 Å². The molecule has 0 heterocycles. The van der Waals surface area contributed by atoms with Crippen molar-refractivity contribution in [2.75, 3.05) is 5.32 Å². The van der Waals surface area contributed by atoms with Gasteiger partial charge in [0.2, 0.25) is 0 Å². The molecule has 1 fully saturated rings. The van der Waals surface area contributed by atoms with Crippen molar-refractivity contribution < 1.29 is 9.90 Å². The van der Waals surface area contributed by atoms with Crippen LogP contribution in [0.5, 0.6) is 5.75 Å². The van der Waals surface area contributed by atoms with Gasteiger partial charge in [0.25, 0.3) is 0 Å². The molecular formula is C18H20N2O2. The van der Waals surface area contributed by atoms with Crippen molar-refractivity contribution in [1.82, 2.24) is 5.32 Å². The van der Waals surface area contributed by atoms with E-state index in [2.05, 4.69) is 10.6 Å². The second-order valence-electron chi connectivity index (χ2n) is 5.64. The molecule has 0 radical (unpaired) electrons. The van der Waals surface area contributed by atoms with Gasteiger partial charge in [-0.2, -0.15) is 0 Å². The number of fused-ring (bicyclic) bond motifs is 1. The standard InChI is InChI=1S/C18H20N2O2/c21-17-11-5-8-14-15(17)9-4-10-16(14)20-18(22)19-12-13-6-2-1-3-7-13/h4-5,8-12,21H,1-3,6-7H2,(H2,19,20,22). The first-order valence-corrected chi connectivity index (χ1v) is 7.70. The highest BCUT2D eigenvalue weighted by Gasteiger charge is 2.08. The first-order valence-electron chi connectivity index (χ1n) is 7.70. The molecule has 3 rings (SSSR count). The minimum Gasteiger partial charge on any atom is -0.507 e. The minimum absolute atomic E-state index is 0.214. The molecule has 0 atom stereocenters. The molecule has 0 saturated heterocycles. The monoisotopic (exact) mass is 296 g/mol. The van der Waals surface area contributed by atoms with Crippen molar-refractivity contribution in [3.63, 3.8) is 0 Å². The molecular weight excluding hydrogens is 276 g/mol. The number of nitrogens with one attached hydrogen (secondary N) is 2. The SMILES string of the molecule is O=C(NC=C1CCCCC1)Nc1cccc2c(O)cccc12. The van der Waals surface area contributed by atoms with E-state index in [0.29, 0.717) is 5.69 Å². The van der Waals surface area contributed by atoms with Crippen LogP contribution in [0.2, 0.25) is 0 Å². The molecule has 2 aromatic rings. The van der Waals surface area contributed by atoms with E-state index in [1.54, 1.807) is 12.1 Å². The van der Waals surface area contributed by atoms with E-state index in [1.807, 2.05) is 30.5 Å². The summed E-state index contributed by atoms with van der Waals surface area (Å²) in [7, 11) is 0. The predicted molar refractivity (Wildman–Crippen MR) is 88.9 cm³/mol. The Morgan fingerprint density at radius 1 is 1.00 bits per heavy atom. The Labute approximate surface area is 129 Å². The molecule has 114 valence electrons. The van der Waals surface area contributed by atoms with E-state index in [9.17, 15) is 9.90 Å². The van der Waals surface area contributed by atoms with Gasteiger partial charge in [-0.05, 0) is 37.8 Å². The third-order valence-electron chi connectivity index (χ3n) is 4.05. The van der Waals surface area contributed by atoms with Crippen molar-refractivity contribution >= 4 is 22.5 Å². The van der Waals surface area contributed by atoms with Crippen molar-refractivity contribution in [2.45, 2.75) is 32.1 Å². The minimum atomic E-state index is -0.256. The Morgan fingerprint density at radius 2 is 1.73 bits per heavy atom. The van der Waals surface area contributed by atoms with Crippen molar-refractivity contribution in [3.8, 4) is 5.75 Å². The van der Waals surface area contributed by atoms with Crippen LogP contribution in [0, 0.1) is 0 Å². The van der Waals surface area contributed by atoms with Crippen LogP contribution in [-0.2, 0) is 0 Å². The van der Waals surface area contributed by atoms with Crippen molar-refractivity contribution in [2.24, 2.45) is 0 Å². The summed E-state index contributed by atoms with van der Waals surface area (Å²) >= 11 is 0. The summed E-state index contributed by atoms with van der Waals surface area (Å²) in [5, 5.41) is 17.1. The summed E-state index contributed by atoms with van der Waals surface area (Å²) in [6.45, 7) is 0. The van der Waals surface area contributed by atoms with Gasteiger partial charge in [0.05, 0.1) is 5.69 Å². The maximum Gasteiger partial charge on any atom is 0.323 e. The lowest BCUT2D eigenvalue weighted by Crippen LogP contribution is -2.24. The van der Waals surface area contributed by atoms with E-state index >= 15 is 0 Å².